The molecule has 0 aromatic rings. The molecule has 2 nitrogen and oxygen atoms in total. The average molecular weight is 129 g/mol. The van der Waals surface area contributed by atoms with Gasteiger partial charge in [0.2, 0.25) is 10.5 Å². The Morgan fingerprint density at radius 3 is 2.62 bits per heavy atom. The van der Waals surface area contributed by atoms with Crippen molar-refractivity contribution in [1.82, 2.24) is 0 Å². The van der Waals surface area contributed by atoms with Gasteiger partial charge in [-0.25, -0.2) is 0 Å². The largest absolute Gasteiger partial charge is 0.415 e. The average Bonchev–Trinajstić information content (AvgIpc) is 1.83. The van der Waals surface area contributed by atoms with Crippen LogP contribution in [0.2, 0.25) is 0 Å². The van der Waals surface area contributed by atoms with Crippen LogP contribution in [0.15, 0.2) is 0 Å². The summed E-state index contributed by atoms with van der Waals surface area (Å²) in [5.41, 5.74) is 0. The van der Waals surface area contributed by atoms with E-state index in [1.807, 2.05) is 6.92 Å². The van der Waals surface area contributed by atoms with E-state index in [2.05, 4.69) is 10.5 Å². The van der Waals surface area contributed by atoms with Crippen molar-refractivity contribution in [3.8, 4) is 0 Å². The van der Waals surface area contributed by atoms with Crippen molar-refractivity contribution in [1.29, 1.82) is 0 Å². The molecule has 3 heteroatoms. The number of carbonyl (C=O) groups excluding carboxylic acids is 1. The highest BCUT2D eigenvalue weighted by molar-refractivity contribution is 5.98. The molecule has 0 saturated carbocycles. The third-order valence-corrected chi connectivity index (χ3v) is 1.31. The van der Waals surface area contributed by atoms with Crippen LogP contribution in [0.5, 0.6) is 0 Å². The molecule has 0 saturated heterocycles. The maximum absolute atomic E-state index is 9.83. The van der Waals surface area contributed by atoms with E-state index >= 15 is 0 Å². The zero-order valence-electron chi connectivity index (χ0n) is 4.89. The predicted octanol–water partition coefficient (Wildman–Crippen LogP) is 0.454. The van der Waals surface area contributed by atoms with E-state index in [0.29, 0.717) is 6.42 Å². The van der Waals surface area contributed by atoms with Crippen LogP contribution in [-0.4, -0.2) is 22.9 Å². The fourth-order valence-electron chi connectivity index (χ4n) is 0.405. The van der Waals surface area contributed by atoms with E-state index in [0.717, 1.165) is 12.7 Å². The van der Waals surface area contributed by atoms with Crippen LogP contribution >= 0.6 is 0 Å². The summed E-state index contributed by atoms with van der Waals surface area (Å²) >= 11 is 0. The third-order valence-electron chi connectivity index (χ3n) is 0.981. The smallest absolute Gasteiger partial charge is 0.246 e. The molecule has 1 atom stereocenters. The zero-order valence-corrected chi connectivity index (χ0v) is 5.89. The summed E-state index contributed by atoms with van der Waals surface area (Å²) in [5.74, 6) is 0. The molecule has 0 amide bonds. The fourth-order valence-corrected chi connectivity index (χ4v) is 0.668. The molecule has 0 spiro atoms. The van der Waals surface area contributed by atoms with Crippen molar-refractivity contribution in [3.63, 3.8) is 0 Å². The van der Waals surface area contributed by atoms with E-state index in [-0.39, 0.29) is 6.10 Å². The van der Waals surface area contributed by atoms with E-state index in [9.17, 15) is 4.79 Å². The molecule has 0 aliphatic carbocycles. The minimum absolute atomic E-state index is 0.0455. The molecule has 0 fully saturated rings. The van der Waals surface area contributed by atoms with Gasteiger partial charge in [0.05, 0.1) is 6.10 Å². The lowest BCUT2D eigenvalue weighted by atomic mass is 10.2. The van der Waals surface area contributed by atoms with E-state index in [1.54, 1.807) is 0 Å². The maximum atomic E-state index is 9.83. The summed E-state index contributed by atoms with van der Waals surface area (Å²) in [5, 5.41) is 0. The normalized spacial score (nSPS) is 13.2. The van der Waals surface area contributed by atoms with E-state index in [4.69, 9.17) is 4.43 Å². The van der Waals surface area contributed by atoms with Gasteiger partial charge in [0.15, 0.2) is 0 Å². The Labute approximate surface area is 52.8 Å². The number of carbonyl (C=O) groups is 1. The van der Waals surface area contributed by atoms with Crippen molar-refractivity contribution in [2.75, 3.05) is 0 Å². The van der Waals surface area contributed by atoms with Gasteiger partial charge in [-0.3, -0.25) is 0 Å². The van der Waals surface area contributed by atoms with Gasteiger partial charge in [0.25, 0.3) is 0 Å². The van der Waals surface area contributed by atoms with Crippen LogP contribution in [0, 0.1) is 0 Å². The minimum atomic E-state index is 0.0455. The highest BCUT2D eigenvalue weighted by Crippen LogP contribution is 1.97. The Balaban J connectivity index is 3.20. The van der Waals surface area contributed by atoms with Crippen LogP contribution < -0.4 is 0 Å². The fraction of sp³-hybridized carbons (Fsp3) is 0.800. The second kappa shape index (κ2) is 4.99. The number of aldehydes is 1. The molecule has 0 bridgehead atoms. The monoisotopic (exact) mass is 129 g/mol. The highest BCUT2D eigenvalue weighted by atomic mass is 28.2. The molecule has 8 heavy (non-hydrogen) atoms. The van der Waals surface area contributed by atoms with Crippen LogP contribution in [-0.2, 0) is 9.22 Å². The van der Waals surface area contributed by atoms with Crippen molar-refractivity contribution in [2.45, 2.75) is 25.9 Å². The Bertz CT molecular complexity index is 61.4. The molecule has 0 aromatic heterocycles. The summed E-state index contributed by atoms with van der Waals surface area (Å²) in [6, 6.07) is 0. The molecule has 45 valence electrons. The van der Waals surface area contributed by atoms with Crippen LogP contribution in [0.25, 0.3) is 0 Å². The molecular weight excluding hydrogens is 120 g/mol. The number of hydrogen-bond acceptors (Lipinski definition) is 2. The van der Waals surface area contributed by atoms with E-state index in [1.165, 1.54) is 0 Å². The lowest BCUT2D eigenvalue weighted by Gasteiger charge is -2.06. The Morgan fingerprint density at radius 2 is 2.50 bits per heavy atom. The second-order valence-electron chi connectivity index (χ2n) is 1.55. The zero-order chi connectivity index (χ0) is 6.41. The van der Waals surface area contributed by atoms with Crippen molar-refractivity contribution in [2.24, 2.45) is 0 Å². The maximum Gasteiger partial charge on any atom is 0.246 e. The SMILES string of the molecule is CCC(CC=O)O[Si]. The standard InChI is InChI=1S/C5H9O2Si/c1-2-5(7-8)3-4-6/h4-5H,2-3H2,1H3. The quantitative estimate of drug-likeness (QED) is 0.407. The van der Waals surface area contributed by atoms with Crippen LogP contribution in [0.3, 0.4) is 0 Å². The van der Waals surface area contributed by atoms with Gasteiger partial charge < -0.3 is 9.22 Å². The van der Waals surface area contributed by atoms with Gasteiger partial charge in [-0.05, 0) is 6.42 Å². The minimum Gasteiger partial charge on any atom is -0.415 e. The first kappa shape index (κ1) is 7.85. The van der Waals surface area contributed by atoms with Gasteiger partial charge in [-0.2, -0.15) is 0 Å². The lowest BCUT2D eigenvalue weighted by Crippen LogP contribution is -2.09. The molecule has 3 radical (unpaired) electrons. The summed E-state index contributed by atoms with van der Waals surface area (Å²) in [7, 11) is 2.86. The first-order valence-electron chi connectivity index (χ1n) is 2.61. The molecule has 0 aliphatic heterocycles. The van der Waals surface area contributed by atoms with Gasteiger partial charge in [-0.1, -0.05) is 6.92 Å². The summed E-state index contributed by atoms with van der Waals surface area (Å²) in [6.07, 6.45) is 2.24. The Morgan fingerprint density at radius 1 is 1.88 bits per heavy atom. The van der Waals surface area contributed by atoms with Crippen molar-refractivity contribution < 1.29 is 9.22 Å². The first-order chi connectivity index (χ1) is 3.85. The molecule has 0 aliphatic rings. The summed E-state index contributed by atoms with van der Waals surface area (Å²) in [6.45, 7) is 1.97. The number of hydrogen-bond donors (Lipinski definition) is 0. The molecule has 1 unspecified atom stereocenters. The summed E-state index contributed by atoms with van der Waals surface area (Å²) in [4.78, 5) is 9.83. The molecule has 0 aromatic carbocycles. The lowest BCUT2D eigenvalue weighted by molar-refractivity contribution is -0.109. The third kappa shape index (κ3) is 2.93. The van der Waals surface area contributed by atoms with Crippen LogP contribution in [0.1, 0.15) is 19.8 Å². The topological polar surface area (TPSA) is 26.3 Å². The molecular formula is C5H9O2Si. The number of rotatable bonds is 4. The predicted molar refractivity (Wildman–Crippen MR) is 31.6 cm³/mol. The van der Waals surface area contributed by atoms with Gasteiger partial charge in [0.1, 0.15) is 6.29 Å². The summed E-state index contributed by atoms with van der Waals surface area (Å²) < 4.78 is 4.71. The van der Waals surface area contributed by atoms with Crippen LogP contribution in [0.4, 0.5) is 0 Å². The molecule has 0 N–H and O–H groups in total. The Kier molecular flexibility index (Phi) is 4.90. The Hall–Kier alpha value is -0.153. The molecule has 0 heterocycles. The second-order valence-corrected chi connectivity index (χ2v) is 1.79. The van der Waals surface area contributed by atoms with Gasteiger partial charge in [0, 0.05) is 6.42 Å². The van der Waals surface area contributed by atoms with Crippen molar-refractivity contribution in [3.05, 3.63) is 0 Å². The van der Waals surface area contributed by atoms with Gasteiger partial charge in [-0.15, -0.1) is 0 Å². The first-order valence-corrected chi connectivity index (χ1v) is 3.02. The van der Waals surface area contributed by atoms with E-state index < -0.39 is 0 Å². The van der Waals surface area contributed by atoms with Crippen molar-refractivity contribution >= 4 is 16.8 Å². The highest BCUT2D eigenvalue weighted by Gasteiger charge is 1.99. The van der Waals surface area contributed by atoms with Gasteiger partial charge >= 0.3 is 0 Å². The molecule has 0 rings (SSSR count).